The maximum atomic E-state index is 11.8. The van der Waals surface area contributed by atoms with Gasteiger partial charge in [-0.15, -0.1) is 0 Å². The van der Waals surface area contributed by atoms with Crippen molar-refractivity contribution < 1.29 is 9.53 Å². The molecule has 6 heteroatoms. The largest absolute Gasteiger partial charge is 0.484 e. The highest BCUT2D eigenvalue weighted by molar-refractivity contribution is 6.42. The highest BCUT2D eigenvalue weighted by Crippen LogP contribution is 2.26. The summed E-state index contributed by atoms with van der Waals surface area (Å²) in [6.45, 7) is 3.14. The van der Waals surface area contributed by atoms with E-state index in [1.807, 2.05) is 0 Å². The minimum absolute atomic E-state index is 0.0115. The molecule has 1 aliphatic rings. The lowest BCUT2D eigenvalue weighted by molar-refractivity contribution is -0.133. The second kappa shape index (κ2) is 6.27. The molecule has 98 valence electrons. The molecule has 1 heterocycles. The Balaban J connectivity index is 1.86. The van der Waals surface area contributed by atoms with Crippen molar-refractivity contribution in [2.45, 2.75) is 0 Å². The van der Waals surface area contributed by atoms with Crippen LogP contribution in [0.25, 0.3) is 0 Å². The van der Waals surface area contributed by atoms with Gasteiger partial charge in [-0.1, -0.05) is 23.2 Å². The van der Waals surface area contributed by atoms with Crippen LogP contribution in [0.3, 0.4) is 0 Å². The number of amides is 1. The summed E-state index contributed by atoms with van der Waals surface area (Å²) in [5, 5.41) is 4.08. The van der Waals surface area contributed by atoms with Crippen LogP contribution >= 0.6 is 23.2 Å². The molecule has 0 saturated carbocycles. The first kappa shape index (κ1) is 13.5. The Morgan fingerprint density at radius 2 is 2.00 bits per heavy atom. The lowest BCUT2D eigenvalue weighted by Crippen LogP contribution is -2.47. The Morgan fingerprint density at radius 3 is 2.67 bits per heavy atom. The third-order valence-corrected chi connectivity index (χ3v) is 3.46. The molecule has 1 aliphatic heterocycles. The van der Waals surface area contributed by atoms with Crippen LogP contribution in [0.5, 0.6) is 5.75 Å². The summed E-state index contributed by atoms with van der Waals surface area (Å²) >= 11 is 11.7. The van der Waals surface area contributed by atoms with Crippen LogP contribution in [0, 0.1) is 0 Å². The van der Waals surface area contributed by atoms with Crippen molar-refractivity contribution in [3.63, 3.8) is 0 Å². The van der Waals surface area contributed by atoms with Crippen LogP contribution in [0.15, 0.2) is 18.2 Å². The van der Waals surface area contributed by atoms with Crippen LogP contribution in [0.2, 0.25) is 10.0 Å². The number of piperazine rings is 1. The zero-order valence-corrected chi connectivity index (χ0v) is 11.3. The minimum atomic E-state index is -0.0115. The Hall–Kier alpha value is -0.970. The predicted octanol–water partition coefficient (Wildman–Crippen LogP) is 1.80. The van der Waals surface area contributed by atoms with Gasteiger partial charge in [0.15, 0.2) is 6.61 Å². The summed E-state index contributed by atoms with van der Waals surface area (Å²) in [7, 11) is 0. The van der Waals surface area contributed by atoms with Gasteiger partial charge in [-0.3, -0.25) is 4.79 Å². The zero-order chi connectivity index (χ0) is 13.0. The highest BCUT2D eigenvalue weighted by atomic mass is 35.5. The summed E-state index contributed by atoms with van der Waals surface area (Å²) < 4.78 is 5.40. The van der Waals surface area contributed by atoms with Gasteiger partial charge in [0.1, 0.15) is 5.75 Å². The maximum Gasteiger partial charge on any atom is 0.260 e. The third-order valence-electron chi connectivity index (χ3n) is 2.72. The molecule has 0 aromatic heterocycles. The molecule has 0 spiro atoms. The standard InChI is InChI=1S/C12H14Cl2N2O2/c13-10-2-1-9(7-11(10)14)18-8-12(17)16-5-3-15-4-6-16/h1-2,7,15H,3-6,8H2. The smallest absolute Gasteiger partial charge is 0.260 e. The first-order valence-corrected chi connectivity index (χ1v) is 6.49. The molecule has 0 bridgehead atoms. The summed E-state index contributed by atoms with van der Waals surface area (Å²) in [5.41, 5.74) is 0. The van der Waals surface area contributed by atoms with Crippen molar-refractivity contribution in [2.24, 2.45) is 0 Å². The number of nitrogens with zero attached hydrogens (tertiary/aromatic N) is 1. The SMILES string of the molecule is O=C(COc1ccc(Cl)c(Cl)c1)N1CCNCC1. The van der Waals surface area contributed by atoms with E-state index < -0.39 is 0 Å². The van der Waals surface area contributed by atoms with E-state index in [0.29, 0.717) is 15.8 Å². The van der Waals surface area contributed by atoms with Crippen LogP contribution in [0.1, 0.15) is 0 Å². The van der Waals surface area contributed by atoms with Gasteiger partial charge in [-0.25, -0.2) is 0 Å². The Labute approximate surface area is 116 Å². The number of nitrogens with one attached hydrogen (secondary N) is 1. The molecule has 2 rings (SSSR count). The van der Waals surface area contributed by atoms with Gasteiger partial charge in [0.25, 0.3) is 5.91 Å². The molecule has 1 aromatic carbocycles. The average molecular weight is 289 g/mol. The fraction of sp³-hybridized carbons (Fsp3) is 0.417. The van der Waals surface area contributed by atoms with Crippen molar-refractivity contribution in [1.29, 1.82) is 0 Å². The average Bonchev–Trinajstić information content (AvgIpc) is 2.41. The van der Waals surface area contributed by atoms with Crippen molar-refractivity contribution in [3.05, 3.63) is 28.2 Å². The van der Waals surface area contributed by atoms with E-state index >= 15 is 0 Å². The zero-order valence-electron chi connectivity index (χ0n) is 9.79. The number of rotatable bonds is 3. The van der Waals surface area contributed by atoms with Crippen molar-refractivity contribution in [3.8, 4) is 5.75 Å². The first-order valence-electron chi connectivity index (χ1n) is 5.73. The van der Waals surface area contributed by atoms with Crippen LogP contribution in [-0.4, -0.2) is 43.6 Å². The molecule has 0 aliphatic carbocycles. The molecule has 1 aromatic rings. The van der Waals surface area contributed by atoms with E-state index in [9.17, 15) is 4.79 Å². The second-order valence-corrected chi connectivity index (χ2v) is 4.81. The van der Waals surface area contributed by atoms with E-state index in [1.54, 1.807) is 23.1 Å². The number of ether oxygens (including phenoxy) is 1. The quantitative estimate of drug-likeness (QED) is 0.922. The predicted molar refractivity (Wildman–Crippen MR) is 71.4 cm³/mol. The normalized spacial score (nSPS) is 15.6. The van der Waals surface area contributed by atoms with Gasteiger partial charge < -0.3 is 15.0 Å². The molecule has 4 nitrogen and oxygen atoms in total. The van der Waals surface area contributed by atoms with Gasteiger partial charge >= 0.3 is 0 Å². The van der Waals surface area contributed by atoms with E-state index in [-0.39, 0.29) is 12.5 Å². The molecule has 18 heavy (non-hydrogen) atoms. The maximum absolute atomic E-state index is 11.8. The number of carbonyl (C=O) groups excluding carboxylic acids is 1. The van der Waals surface area contributed by atoms with Crippen LogP contribution in [0.4, 0.5) is 0 Å². The molecule has 1 saturated heterocycles. The fourth-order valence-corrected chi connectivity index (χ4v) is 2.01. The molecular weight excluding hydrogens is 275 g/mol. The minimum Gasteiger partial charge on any atom is -0.484 e. The Morgan fingerprint density at radius 1 is 1.28 bits per heavy atom. The lowest BCUT2D eigenvalue weighted by atomic mass is 10.3. The number of hydrogen-bond acceptors (Lipinski definition) is 3. The third kappa shape index (κ3) is 3.51. The Bertz CT molecular complexity index is 434. The molecule has 0 unspecified atom stereocenters. The second-order valence-electron chi connectivity index (χ2n) is 4.00. The molecule has 1 N–H and O–H groups in total. The summed E-state index contributed by atoms with van der Waals surface area (Å²) in [4.78, 5) is 13.6. The summed E-state index contributed by atoms with van der Waals surface area (Å²) in [6, 6.07) is 4.95. The van der Waals surface area contributed by atoms with Gasteiger partial charge in [0, 0.05) is 32.2 Å². The molecule has 0 atom stereocenters. The van der Waals surface area contributed by atoms with Gasteiger partial charge in [0.2, 0.25) is 0 Å². The number of hydrogen-bond donors (Lipinski definition) is 1. The lowest BCUT2D eigenvalue weighted by Gasteiger charge is -2.27. The summed E-state index contributed by atoms with van der Waals surface area (Å²) in [6.07, 6.45) is 0. The van der Waals surface area contributed by atoms with Gasteiger partial charge in [-0.05, 0) is 12.1 Å². The molecular formula is C12H14Cl2N2O2. The monoisotopic (exact) mass is 288 g/mol. The summed E-state index contributed by atoms with van der Waals surface area (Å²) in [5.74, 6) is 0.537. The van der Waals surface area contributed by atoms with Crippen LogP contribution in [-0.2, 0) is 4.79 Å². The van der Waals surface area contributed by atoms with E-state index in [4.69, 9.17) is 27.9 Å². The molecule has 1 amide bonds. The van der Waals surface area contributed by atoms with Crippen molar-refractivity contribution >= 4 is 29.1 Å². The van der Waals surface area contributed by atoms with Crippen molar-refractivity contribution in [1.82, 2.24) is 10.2 Å². The topological polar surface area (TPSA) is 41.6 Å². The van der Waals surface area contributed by atoms with Crippen LogP contribution < -0.4 is 10.1 Å². The van der Waals surface area contributed by atoms with E-state index in [0.717, 1.165) is 26.2 Å². The number of carbonyl (C=O) groups is 1. The molecule has 0 radical (unpaired) electrons. The highest BCUT2D eigenvalue weighted by Gasteiger charge is 2.16. The van der Waals surface area contributed by atoms with Gasteiger partial charge in [-0.2, -0.15) is 0 Å². The van der Waals surface area contributed by atoms with Crippen molar-refractivity contribution in [2.75, 3.05) is 32.8 Å². The number of benzene rings is 1. The first-order chi connectivity index (χ1) is 8.66. The Kier molecular flexibility index (Phi) is 4.69. The molecule has 1 fully saturated rings. The van der Waals surface area contributed by atoms with E-state index in [1.165, 1.54) is 0 Å². The van der Waals surface area contributed by atoms with Gasteiger partial charge in [0.05, 0.1) is 10.0 Å². The number of halogens is 2. The fourth-order valence-electron chi connectivity index (χ4n) is 1.72. The van der Waals surface area contributed by atoms with E-state index in [2.05, 4.69) is 5.32 Å².